The minimum absolute atomic E-state index is 0.0526. The predicted octanol–water partition coefficient (Wildman–Crippen LogP) is -0.567. The lowest BCUT2D eigenvalue weighted by Gasteiger charge is -2.15. The zero-order chi connectivity index (χ0) is 10.2. The van der Waals surface area contributed by atoms with Gasteiger partial charge in [-0.25, -0.2) is 10.4 Å². The van der Waals surface area contributed by atoms with Crippen LogP contribution in [0, 0.1) is 0 Å². The molecule has 1 aliphatic heterocycles. The number of nitrogens with one attached hydrogen (secondary N) is 1. The fraction of sp³-hybridized carbons (Fsp3) is 0.875. The van der Waals surface area contributed by atoms with Crippen molar-refractivity contribution in [3.05, 3.63) is 0 Å². The largest absolute Gasteiger partial charge is 0.511 e. The second kappa shape index (κ2) is 6.81. The molecule has 1 saturated heterocycles. The molecule has 14 heavy (non-hydrogen) atoms. The van der Waals surface area contributed by atoms with Crippen molar-refractivity contribution in [2.45, 2.75) is 19.8 Å². The maximum Gasteiger partial charge on any atom is 0.508 e. The lowest BCUT2D eigenvalue weighted by molar-refractivity contribution is -0.135. The van der Waals surface area contributed by atoms with Gasteiger partial charge in [-0.05, 0) is 19.8 Å². The molecule has 0 aromatic rings. The molecule has 0 atom stereocenters. The van der Waals surface area contributed by atoms with Gasteiger partial charge in [0.15, 0.2) is 0 Å². The van der Waals surface area contributed by atoms with E-state index in [-0.39, 0.29) is 20.2 Å². The summed E-state index contributed by atoms with van der Waals surface area (Å²) in [6.45, 7) is 4.67. The lowest BCUT2D eigenvalue weighted by atomic mass is 10.4. The summed E-state index contributed by atoms with van der Waals surface area (Å²) in [5, 5.41) is 2.04. The van der Waals surface area contributed by atoms with Crippen LogP contribution in [0.4, 0.5) is 0 Å². The number of hydrogen-bond donors (Lipinski definition) is 1. The highest BCUT2D eigenvalue weighted by Gasteiger charge is 2.12. The Labute approximate surface area is 85.0 Å². The molecule has 80 valence electrons. The van der Waals surface area contributed by atoms with E-state index in [2.05, 4.69) is 5.43 Å². The second-order valence-electron chi connectivity index (χ2n) is 3.16. The van der Waals surface area contributed by atoms with Crippen molar-refractivity contribution in [1.82, 2.24) is 10.4 Å². The van der Waals surface area contributed by atoms with Gasteiger partial charge in [0, 0.05) is 19.7 Å². The Morgan fingerprint density at radius 2 is 2.21 bits per heavy atom. The third-order valence-electron chi connectivity index (χ3n) is 2.06. The van der Waals surface area contributed by atoms with Crippen LogP contribution in [0.5, 0.6) is 0 Å². The van der Waals surface area contributed by atoms with Gasteiger partial charge in [-0.2, -0.15) is 0 Å². The van der Waals surface area contributed by atoms with E-state index < -0.39 is 0 Å². The summed E-state index contributed by atoms with van der Waals surface area (Å²) in [5.74, 6) is -0.273. The smallest absolute Gasteiger partial charge is 0.508 e. The highest BCUT2D eigenvalue weighted by atomic mass is 16.6. The Balaban J connectivity index is 1.96. The monoisotopic (exact) mass is 200 g/mol. The quantitative estimate of drug-likeness (QED) is 0.459. The van der Waals surface area contributed by atoms with Crippen LogP contribution in [-0.2, 0) is 14.1 Å². The summed E-state index contributed by atoms with van der Waals surface area (Å²) < 4.78 is 9.68. The van der Waals surface area contributed by atoms with Crippen molar-refractivity contribution in [3.8, 4) is 0 Å². The third-order valence-corrected chi connectivity index (χ3v) is 2.06. The zero-order valence-corrected chi connectivity index (χ0v) is 8.62. The van der Waals surface area contributed by atoms with Gasteiger partial charge in [0.1, 0.15) is 6.54 Å². The average molecular weight is 200 g/mol. The van der Waals surface area contributed by atoms with Gasteiger partial charge in [-0.3, -0.25) is 4.79 Å². The Bertz CT molecular complexity index is 174. The van der Waals surface area contributed by atoms with Crippen LogP contribution in [0.15, 0.2) is 0 Å². The van der Waals surface area contributed by atoms with Crippen LogP contribution >= 0.6 is 0 Å². The summed E-state index contributed by atoms with van der Waals surface area (Å²) >= 11 is 0. The summed E-state index contributed by atoms with van der Waals surface area (Å²) in [7, 11) is 0.0526. The van der Waals surface area contributed by atoms with E-state index in [9.17, 15) is 4.79 Å². The van der Waals surface area contributed by atoms with Gasteiger partial charge in [0.25, 0.3) is 0 Å². The van der Waals surface area contributed by atoms with Crippen LogP contribution in [0.25, 0.3) is 0 Å². The normalized spacial score (nSPS) is 16.9. The first-order valence-electron chi connectivity index (χ1n) is 5.04. The topological polar surface area (TPSA) is 50.8 Å². The molecule has 0 radical (unpaired) electrons. The fourth-order valence-corrected chi connectivity index (χ4v) is 1.29. The van der Waals surface area contributed by atoms with E-state index >= 15 is 0 Å². The standard InChI is InChI=1S/C8H17BN2O3/c1-2-13-9-14-8(12)7-10-11-5-3-4-6-11/h9-10H,2-7H2,1H3. The number of carbonyl (C=O) groups excluding carboxylic acids is 1. The maximum atomic E-state index is 11.1. The Morgan fingerprint density at radius 1 is 1.50 bits per heavy atom. The molecule has 0 saturated carbocycles. The van der Waals surface area contributed by atoms with Crippen molar-refractivity contribution < 1.29 is 14.1 Å². The molecule has 1 N–H and O–H groups in total. The van der Waals surface area contributed by atoms with Crippen molar-refractivity contribution in [2.75, 3.05) is 26.2 Å². The van der Waals surface area contributed by atoms with Crippen LogP contribution < -0.4 is 5.43 Å². The summed E-state index contributed by atoms with van der Waals surface area (Å²) in [6, 6.07) is 0. The van der Waals surface area contributed by atoms with E-state index in [1.807, 2.05) is 11.9 Å². The van der Waals surface area contributed by atoms with Gasteiger partial charge in [0.2, 0.25) is 0 Å². The minimum atomic E-state index is -0.273. The first-order chi connectivity index (χ1) is 6.83. The van der Waals surface area contributed by atoms with E-state index in [0.29, 0.717) is 6.61 Å². The maximum absolute atomic E-state index is 11.1. The van der Waals surface area contributed by atoms with Crippen LogP contribution in [-0.4, -0.2) is 44.9 Å². The van der Waals surface area contributed by atoms with Crippen molar-refractivity contribution in [2.24, 2.45) is 0 Å². The average Bonchev–Trinajstić information content (AvgIpc) is 2.68. The molecule has 0 aliphatic carbocycles. The molecule has 1 aliphatic rings. The molecule has 0 aromatic carbocycles. The molecule has 1 heterocycles. The Kier molecular flexibility index (Phi) is 5.59. The number of hydrazine groups is 1. The van der Waals surface area contributed by atoms with Gasteiger partial charge in [-0.1, -0.05) is 0 Å². The number of nitrogens with zero attached hydrogens (tertiary/aromatic N) is 1. The molecule has 1 rings (SSSR count). The number of carbonyl (C=O) groups is 1. The molecular formula is C8H17BN2O3. The van der Waals surface area contributed by atoms with Crippen LogP contribution in [0.3, 0.4) is 0 Å². The van der Waals surface area contributed by atoms with Gasteiger partial charge in [0.05, 0.1) is 0 Å². The molecule has 5 nitrogen and oxygen atoms in total. The van der Waals surface area contributed by atoms with Crippen LogP contribution in [0.1, 0.15) is 19.8 Å². The number of hydrogen-bond acceptors (Lipinski definition) is 5. The molecule has 0 aromatic heterocycles. The Morgan fingerprint density at radius 3 is 2.86 bits per heavy atom. The summed E-state index contributed by atoms with van der Waals surface area (Å²) in [4.78, 5) is 11.1. The van der Waals surface area contributed by atoms with Gasteiger partial charge < -0.3 is 9.31 Å². The molecular weight excluding hydrogens is 183 g/mol. The highest BCUT2D eigenvalue weighted by molar-refractivity contribution is 6.22. The minimum Gasteiger partial charge on any atom is -0.511 e. The zero-order valence-electron chi connectivity index (χ0n) is 8.62. The molecule has 0 unspecified atom stereocenters. The molecule has 6 heteroatoms. The van der Waals surface area contributed by atoms with Gasteiger partial charge >= 0.3 is 13.7 Å². The Hall–Kier alpha value is -0.585. The fourth-order valence-electron chi connectivity index (χ4n) is 1.29. The second-order valence-corrected chi connectivity index (χ2v) is 3.16. The molecule has 1 fully saturated rings. The van der Waals surface area contributed by atoms with Crippen molar-refractivity contribution >= 4 is 13.7 Å². The molecule has 0 spiro atoms. The van der Waals surface area contributed by atoms with Gasteiger partial charge in [-0.15, -0.1) is 0 Å². The number of rotatable bonds is 6. The van der Waals surface area contributed by atoms with Crippen LogP contribution in [0.2, 0.25) is 0 Å². The molecule has 0 amide bonds. The van der Waals surface area contributed by atoms with Crippen molar-refractivity contribution in [1.29, 1.82) is 0 Å². The highest BCUT2D eigenvalue weighted by Crippen LogP contribution is 2.02. The first kappa shape index (κ1) is 11.5. The van der Waals surface area contributed by atoms with Crippen molar-refractivity contribution in [3.63, 3.8) is 0 Å². The lowest BCUT2D eigenvalue weighted by Crippen LogP contribution is -2.39. The SMILES string of the molecule is CCOBOC(=O)CNN1CCCC1. The van der Waals surface area contributed by atoms with E-state index in [1.165, 1.54) is 12.8 Å². The summed E-state index contributed by atoms with van der Waals surface area (Å²) in [5.41, 5.74) is 3.01. The summed E-state index contributed by atoms with van der Waals surface area (Å²) in [6.07, 6.45) is 2.39. The third kappa shape index (κ3) is 4.60. The van der Waals surface area contributed by atoms with E-state index in [1.54, 1.807) is 0 Å². The predicted molar refractivity (Wildman–Crippen MR) is 53.7 cm³/mol. The van der Waals surface area contributed by atoms with E-state index in [0.717, 1.165) is 13.1 Å². The molecule has 0 bridgehead atoms. The van der Waals surface area contributed by atoms with E-state index in [4.69, 9.17) is 9.31 Å². The first-order valence-corrected chi connectivity index (χ1v) is 5.04.